The number of carboxylic acid groups (broad SMARTS) is 1. The van der Waals surface area contributed by atoms with Gasteiger partial charge in [-0.3, -0.25) is 0 Å². The van der Waals surface area contributed by atoms with Crippen molar-refractivity contribution < 1.29 is 14.3 Å². The lowest BCUT2D eigenvalue weighted by atomic mass is 10.2. The lowest BCUT2D eigenvalue weighted by Gasteiger charge is -2.09. The van der Waals surface area contributed by atoms with Crippen molar-refractivity contribution in [3.63, 3.8) is 0 Å². The number of carbonyl (C=O) groups is 1. The number of hydrogen-bond acceptors (Lipinski definition) is 2. The molecule has 0 amide bonds. The van der Waals surface area contributed by atoms with Crippen LogP contribution in [0.4, 0.5) is 10.1 Å². The average molecular weight is 359 g/mol. The molecular formula is C14H10BrClFNO2. The summed E-state index contributed by atoms with van der Waals surface area (Å²) < 4.78 is 13.5. The Bertz CT molecular complexity index is 664. The van der Waals surface area contributed by atoms with Crippen LogP contribution in [0.3, 0.4) is 0 Å². The number of rotatable bonds is 4. The highest BCUT2D eigenvalue weighted by molar-refractivity contribution is 9.10. The maximum absolute atomic E-state index is 13.1. The summed E-state index contributed by atoms with van der Waals surface area (Å²) in [7, 11) is 0. The van der Waals surface area contributed by atoms with Crippen LogP contribution in [0.15, 0.2) is 40.9 Å². The van der Waals surface area contributed by atoms with E-state index in [1.54, 1.807) is 18.2 Å². The maximum atomic E-state index is 13.1. The van der Waals surface area contributed by atoms with Gasteiger partial charge in [-0.25, -0.2) is 9.18 Å². The molecule has 2 aromatic carbocycles. The van der Waals surface area contributed by atoms with E-state index in [2.05, 4.69) is 21.2 Å². The van der Waals surface area contributed by atoms with E-state index in [1.165, 1.54) is 18.2 Å². The molecule has 3 nitrogen and oxygen atoms in total. The smallest absolute Gasteiger partial charge is 0.337 e. The van der Waals surface area contributed by atoms with Crippen LogP contribution in [0.1, 0.15) is 15.9 Å². The maximum Gasteiger partial charge on any atom is 0.337 e. The highest BCUT2D eigenvalue weighted by Crippen LogP contribution is 2.22. The van der Waals surface area contributed by atoms with Gasteiger partial charge >= 0.3 is 5.97 Å². The van der Waals surface area contributed by atoms with Gasteiger partial charge in [-0.05, 0) is 51.8 Å². The van der Waals surface area contributed by atoms with Crippen LogP contribution in [0, 0.1) is 5.82 Å². The van der Waals surface area contributed by atoms with Crippen molar-refractivity contribution in [1.82, 2.24) is 0 Å². The molecule has 2 aromatic rings. The summed E-state index contributed by atoms with van der Waals surface area (Å²) in [5, 5.41) is 12.2. The molecule has 0 atom stereocenters. The molecule has 2 rings (SSSR count). The number of anilines is 1. The molecule has 20 heavy (non-hydrogen) atoms. The fourth-order valence-corrected chi connectivity index (χ4v) is 2.28. The highest BCUT2D eigenvalue weighted by atomic mass is 79.9. The first-order valence-corrected chi connectivity index (χ1v) is 6.85. The van der Waals surface area contributed by atoms with Gasteiger partial charge in [0.1, 0.15) is 5.82 Å². The molecule has 0 saturated heterocycles. The molecule has 0 bridgehead atoms. The Morgan fingerprint density at radius 2 is 2.05 bits per heavy atom. The van der Waals surface area contributed by atoms with E-state index in [9.17, 15) is 9.18 Å². The lowest BCUT2D eigenvalue weighted by Crippen LogP contribution is -2.03. The minimum Gasteiger partial charge on any atom is -0.478 e. The molecule has 2 N–H and O–H groups in total. The summed E-state index contributed by atoms with van der Waals surface area (Å²) in [6, 6.07) is 9.35. The summed E-state index contributed by atoms with van der Waals surface area (Å²) in [6.07, 6.45) is 0. The van der Waals surface area contributed by atoms with Gasteiger partial charge in [-0.2, -0.15) is 0 Å². The molecule has 0 fully saturated rings. The van der Waals surface area contributed by atoms with Crippen molar-refractivity contribution in [3.05, 3.63) is 62.8 Å². The molecule has 0 aromatic heterocycles. The largest absolute Gasteiger partial charge is 0.478 e. The molecular weight excluding hydrogens is 349 g/mol. The van der Waals surface area contributed by atoms with Crippen LogP contribution in [-0.2, 0) is 6.54 Å². The normalized spacial score (nSPS) is 10.3. The number of hydrogen-bond donors (Lipinski definition) is 2. The first-order chi connectivity index (χ1) is 9.47. The van der Waals surface area contributed by atoms with E-state index < -0.39 is 5.97 Å². The quantitative estimate of drug-likeness (QED) is 0.843. The van der Waals surface area contributed by atoms with Crippen LogP contribution in [0.2, 0.25) is 5.02 Å². The minimum absolute atomic E-state index is 0.0388. The third-order valence-electron chi connectivity index (χ3n) is 2.68. The zero-order valence-electron chi connectivity index (χ0n) is 10.2. The minimum atomic E-state index is -1.08. The molecule has 0 aliphatic heterocycles. The van der Waals surface area contributed by atoms with Crippen LogP contribution in [0.25, 0.3) is 0 Å². The van der Waals surface area contributed by atoms with E-state index in [1.807, 2.05) is 0 Å². The van der Waals surface area contributed by atoms with Gasteiger partial charge in [0.25, 0.3) is 0 Å². The Morgan fingerprint density at radius 1 is 1.30 bits per heavy atom. The molecule has 104 valence electrons. The van der Waals surface area contributed by atoms with Gasteiger partial charge in [0.15, 0.2) is 0 Å². The third-order valence-corrected chi connectivity index (χ3v) is 3.61. The van der Waals surface area contributed by atoms with Crippen LogP contribution < -0.4 is 5.32 Å². The van der Waals surface area contributed by atoms with Crippen molar-refractivity contribution in [2.75, 3.05) is 5.32 Å². The van der Waals surface area contributed by atoms with E-state index in [0.29, 0.717) is 16.7 Å². The van der Waals surface area contributed by atoms with Gasteiger partial charge < -0.3 is 10.4 Å². The van der Waals surface area contributed by atoms with Gasteiger partial charge in [0.2, 0.25) is 0 Å². The number of halogens is 3. The van der Waals surface area contributed by atoms with Crippen molar-refractivity contribution in [3.8, 4) is 0 Å². The molecule has 0 saturated carbocycles. The van der Waals surface area contributed by atoms with Gasteiger partial charge in [0, 0.05) is 12.2 Å². The summed E-state index contributed by atoms with van der Waals surface area (Å²) in [6.45, 7) is 0.444. The van der Waals surface area contributed by atoms with Crippen LogP contribution in [-0.4, -0.2) is 11.1 Å². The summed E-state index contributed by atoms with van der Waals surface area (Å²) in [5.74, 6) is -1.41. The summed E-state index contributed by atoms with van der Waals surface area (Å²) >= 11 is 8.90. The van der Waals surface area contributed by atoms with Crippen molar-refractivity contribution in [1.29, 1.82) is 0 Å². The predicted octanol–water partition coefficient (Wildman–Crippen LogP) is 4.55. The first-order valence-electron chi connectivity index (χ1n) is 5.68. The van der Waals surface area contributed by atoms with Gasteiger partial charge in [-0.1, -0.05) is 17.7 Å². The molecule has 0 spiro atoms. The third kappa shape index (κ3) is 3.49. The standard InChI is InChI=1S/C14H10BrClFNO2/c15-11-5-8(1-4-13(11)17)7-18-9-2-3-12(16)10(6-9)14(19)20/h1-6,18H,7H2,(H,19,20). The Morgan fingerprint density at radius 3 is 2.70 bits per heavy atom. The fourth-order valence-electron chi connectivity index (χ4n) is 1.65. The lowest BCUT2D eigenvalue weighted by molar-refractivity contribution is 0.0697. The zero-order valence-corrected chi connectivity index (χ0v) is 12.5. The van der Waals surface area contributed by atoms with E-state index in [-0.39, 0.29) is 16.4 Å². The Kier molecular flexibility index (Phi) is 4.62. The van der Waals surface area contributed by atoms with Crippen molar-refractivity contribution in [2.24, 2.45) is 0 Å². The molecule has 0 aliphatic carbocycles. The first kappa shape index (κ1) is 14.8. The van der Waals surface area contributed by atoms with E-state index >= 15 is 0 Å². The second-order valence-electron chi connectivity index (χ2n) is 4.10. The van der Waals surface area contributed by atoms with Crippen molar-refractivity contribution in [2.45, 2.75) is 6.54 Å². The number of benzene rings is 2. The van der Waals surface area contributed by atoms with E-state index in [0.717, 1.165) is 5.56 Å². The topological polar surface area (TPSA) is 49.3 Å². The molecule has 0 heterocycles. The molecule has 6 heteroatoms. The second kappa shape index (κ2) is 6.24. The SMILES string of the molecule is O=C(O)c1cc(NCc2ccc(F)c(Br)c2)ccc1Cl. The van der Waals surface area contributed by atoms with Gasteiger partial charge in [0.05, 0.1) is 15.1 Å². The molecule has 0 aliphatic rings. The van der Waals surface area contributed by atoms with Crippen LogP contribution in [0.5, 0.6) is 0 Å². The number of carboxylic acids is 1. The Hall–Kier alpha value is -1.59. The highest BCUT2D eigenvalue weighted by Gasteiger charge is 2.09. The van der Waals surface area contributed by atoms with E-state index in [4.69, 9.17) is 16.7 Å². The van der Waals surface area contributed by atoms with Crippen LogP contribution >= 0.6 is 27.5 Å². The zero-order chi connectivity index (χ0) is 14.7. The predicted molar refractivity (Wildman–Crippen MR) is 79.8 cm³/mol. The molecule has 0 unspecified atom stereocenters. The monoisotopic (exact) mass is 357 g/mol. The Labute approximate surface area is 128 Å². The Balaban J connectivity index is 2.12. The number of aromatic carboxylic acids is 1. The van der Waals surface area contributed by atoms with Gasteiger partial charge in [-0.15, -0.1) is 0 Å². The average Bonchev–Trinajstić information content (AvgIpc) is 2.41. The van der Waals surface area contributed by atoms with Crippen molar-refractivity contribution >= 4 is 39.2 Å². The number of nitrogens with one attached hydrogen (secondary N) is 1. The summed E-state index contributed by atoms with van der Waals surface area (Å²) in [5.41, 5.74) is 1.54. The second-order valence-corrected chi connectivity index (χ2v) is 5.36. The summed E-state index contributed by atoms with van der Waals surface area (Å²) in [4.78, 5) is 11.0. The fraction of sp³-hybridized carbons (Fsp3) is 0.0714. The molecule has 0 radical (unpaired) electrons.